The van der Waals surface area contributed by atoms with Gasteiger partial charge in [0.25, 0.3) is 0 Å². The smallest absolute Gasteiger partial charge is 0.466 e. The van der Waals surface area contributed by atoms with Gasteiger partial charge in [0.15, 0.2) is 0 Å². The lowest BCUT2D eigenvalue weighted by atomic mass is 9.78. The minimum Gasteiger partial charge on any atom is -0.466 e. The molecule has 0 spiro atoms. The van der Waals surface area contributed by atoms with E-state index in [1.807, 2.05) is 33.8 Å². The Morgan fingerprint density at radius 1 is 1.29 bits per heavy atom. The summed E-state index contributed by atoms with van der Waals surface area (Å²) in [6.07, 6.45) is 0.716. The number of hydrogen-bond acceptors (Lipinski definition) is 4. The normalized spacial score (nSPS) is 27.2. The van der Waals surface area contributed by atoms with E-state index in [1.165, 1.54) is 6.07 Å². The summed E-state index contributed by atoms with van der Waals surface area (Å²) in [4.78, 5) is 11.7. The van der Waals surface area contributed by atoms with Crippen LogP contribution < -0.4 is 5.46 Å². The predicted octanol–water partition coefficient (Wildman–Crippen LogP) is 2.79. The molecule has 1 aliphatic heterocycles. The van der Waals surface area contributed by atoms with Crippen molar-refractivity contribution < 1.29 is 23.2 Å². The molecule has 0 radical (unpaired) electrons. The average molecular weight is 334 g/mol. The van der Waals surface area contributed by atoms with Gasteiger partial charge in [0.05, 0.1) is 23.7 Å². The fourth-order valence-electron chi connectivity index (χ4n) is 3.01. The Bertz CT molecular complexity index is 642. The van der Waals surface area contributed by atoms with Crippen molar-refractivity contribution in [1.29, 1.82) is 0 Å². The highest BCUT2D eigenvalue weighted by molar-refractivity contribution is 6.62. The number of esters is 1. The van der Waals surface area contributed by atoms with Crippen LogP contribution in [0.25, 0.3) is 0 Å². The maximum Gasteiger partial charge on any atom is 0.497 e. The van der Waals surface area contributed by atoms with Crippen LogP contribution in [0.2, 0.25) is 0 Å². The number of hydrogen-bond donors (Lipinski definition) is 0. The topological polar surface area (TPSA) is 44.8 Å². The summed E-state index contributed by atoms with van der Waals surface area (Å²) in [5, 5.41) is 0. The van der Waals surface area contributed by atoms with E-state index in [9.17, 15) is 9.18 Å². The number of rotatable bonds is 4. The summed E-state index contributed by atoms with van der Waals surface area (Å²) in [6.45, 7) is 9.91. The molecule has 0 unspecified atom stereocenters. The van der Waals surface area contributed by atoms with Gasteiger partial charge < -0.3 is 14.0 Å². The Hall–Kier alpha value is -1.40. The first kappa shape index (κ1) is 17.4. The summed E-state index contributed by atoms with van der Waals surface area (Å²) in [7, 11) is -0.718. The first-order valence-electron chi connectivity index (χ1n) is 8.48. The standard InChI is InChI=1S/C18H24BFO4/c1-6-22-16(21)13-10-12(13)11-7-8-14(15(20)9-11)19-23-17(2,3)18(4,5)24-19/h7-9,12-13H,6,10H2,1-5H3/t12-,13+/m1/s1. The largest absolute Gasteiger partial charge is 0.497 e. The molecule has 2 atom stereocenters. The molecule has 1 aromatic carbocycles. The molecule has 6 heteroatoms. The van der Waals surface area contributed by atoms with Gasteiger partial charge in [-0.1, -0.05) is 12.1 Å². The molecule has 0 N–H and O–H groups in total. The third-order valence-corrected chi connectivity index (χ3v) is 5.34. The Morgan fingerprint density at radius 2 is 1.92 bits per heavy atom. The molecule has 1 saturated carbocycles. The molecule has 1 aromatic rings. The third kappa shape index (κ3) is 2.97. The molecule has 2 aliphatic rings. The molecule has 1 saturated heterocycles. The summed E-state index contributed by atoms with van der Waals surface area (Å²) in [5.74, 6) is -0.656. The quantitative estimate of drug-likeness (QED) is 0.627. The summed E-state index contributed by atoms with van der Waals surface area (Å²) < 4.78 is 31.4. The lowest BCUT2D eigenvalue weighted by molar-refractivity contribution is -0.144. The SMILES string of the molecule is CCOC(=O)[C@H]1C[C@@H]1c1ccc(B2OC(C)(C)C(C)(C)O2)c(F)c1. The van der Waals surface area contributed by atoms with Gasteiger partial charge in [-0.3, -0.25) is 4.79 Å². The summed E-state index contributed by atoms with van der Waals surface area (Å²) >= 11 is 0. The van der Waals surface area contributed by atoms with Crippen molar-refractivity contribution in [2.24, 2.45) is 5.92 Å². The fourth-order valence-corrected chi connectivity index (χ4v) is 3.01. The van der Waals surface area contributed by atoms with Gasteiger partial charge in [0, 0.05) is 5.46 Å². The van der Waals surface area contributed by atoms with Gasteiger partial charge in [0.2, 0.25) is 0 Å². The highest BCUT2D eigenvalue weighted by atomic mass is 19.1. The molecule has 1 heterocycles. The van der Waals surface area contributed by atoms with Crippen LogP contribution in [-0.2, 0) is 18.8 Å². The highest BCUT2D eigenvalue weighted by Gasteiger charge is 2.52. The van der Waals surface area contributed by atoms with Crippen LogP contribution in [-0.4, -0.2) is 30.9 Å². The highest BCUT2D eigenvalue weighted by Crippen LogP contribution is 2.48. The van der Waals surface area contributed by atoms with Crippen LogP contribution in [0.3, 0.4) is 0 Å². The second-order valence-electron chi connectivity index (χ2n) is 7.57. The van der Waals surface area contributed by atoms with Gasteiger partial charge in [-0.15, -0.1) is 0 Å². The average Bonchev–Trinajstić information content (AvgIpc) is 3.22. The Balaban J connectivity index is 1.74. The minimum absolute atomic E-state index is 0.0471. The Morgan fingerprint density at radius 3 is 2.46 bits per heavy atom. The van der Waals surface area contributed by atoms with Gasteiger partial charge >= 0.3 is 13.1 Å². The van der Waals surface area contributed by atoms with Gasteiger partial charge in [-0.25, -0.2) is 4.39 Å². The molecule has 24 heavy (non-hydrogen) atoms. The third-order valence-electron chi connectivity index (χ3n) is 5.34. The molecular formula is C18H24BFO4. The van der Waals surface area contributed by atoms with E-state index in [0.717, 1.165) is 5.56 Å². The summed E-state index contributed by atoms with van der Waals surface area (Å²) in [5.41, 5.74) is 0.208. The first-order chi connectivity index (χ1) is 11.2. The summed E-state index contributed by atoms with van der Waals surface area (Å²) in [6, 6.07) is 5.05. The van der Waals surface area contributed by atoms with Crippen molar-refractivity contribution in [2.75, 3.05) is 6.61 Å². The van der Waals surface area contributed by atoms with Crippen molar-refractivity contribution in [3.05, 3.63) is 29.6 Å². The van der Waals surface area contributed by atoms with Crippen molar-refractivity contribution >= 4 is 18.6 Å². The fraction of sp³-hybridized carbons (Fsp3) is 0.611. The molecule has 0 bridgehead atoms. The molecule has 130 valence electrons. The zero-order valence-electron chi connectivity index (χ0n) is 14.9. The molecule has 3 rings (SSSR count). The van der Waals surface area contributed by atoms with E-state index in [-0.39, 0.29) is 23.6 Å². The Labute approximate surface area is 142 Å². The van der Waals surface area contributed by atoms with Crippen LogP contribution in [0.4, 0.5) is 4.39 Å². The molecular weight excluding hydrogens is 310 g/mol. The van der Waals surface area contributed by atoms with Crippen LogP contribution in [0, 0.1) is 11.7 Å². The zero-order chi connectivity index (χ0) is 17.7. The van der Waals surface area contributed by atoms with E-state index in [2.05, 4.69) is 0 Å². The van der Waals surface area contributed by atoms with Gasteiger partial charge in [-0.2, -0.15) is 0 Å². The van der Waals surface area contributed by atoms with Crippen LogP contribution in [0.5, 0.6) is 0 Å². The zero-order valence-corrected chi connectivity index (χ0v) is 14.9. The number of ether oxygens (including phenoxy) is 1. The lowest BCUT2D eigenvalue weighted by Crippen LogP contribution is -2.41. The van der Waals surface area contributed by atoms with Crippen LogP contribution in [0.15, 0.2) is 18.2 Å². The molecule has 4 nitrogen and oxygen atoms in total. The van der Waals surface area contributed by atoms with Gasteiger partial charge in [-0.05, 0) is 58.6 Å². The second kappa shape index (κ2) is 5.85. The Kier molecular flexibility index (Phi) is 4.25. The van der Waals surface area contributed by atoms with Crippen LogP contribution >= 0.6 is 0 Å². The van der Waals surface area contributed by atoms with E-state index in [4.69, 9.17) is 14.0 Å². The van der Waals surface area contributed by atoms with Crippen LogP contribution in [0.1, 0.15) is 52.5 Å². The maximum atomic E-state index is 14.6. The number of carbonyl (C=O) groups is 1. The van der Waals surface area contributed by atoms with Crippen molar-refractivity contribution in [1.82, 2.24) is 0 Å². The minimum atomic E-state index is -0.718. The van der Waals surface area contributed by atoms with E-state index < -0.39 is 18.3 Å². The molecule has 0 aromatic heterocycles. The molecule has 0 amide bonds. The van der Waals surface area contributed by atoms with E-state index in [0.29, 0.717) is 18.5 Å². The van der Waals surface area contributed by atoms with Gasteiger partial charge in [0.1, 0.15) is 5.82 Å². The van der Waals surface area contributed by atoms with E-state index in [1.54, 1.807) is 13.0 Å². The monoisotopic (exact) mass is 334 g/mol. The van der Waals surface area contributed by atoms with E-state index >= 15 is 0 Å². The molecule has 1 aliphatic carbocycles. The number of benzene rings is 1. The first-order valence-corrected chi connectivity index (χ1v) is 8.48. The molecule has 2 fully saturated rings. The number of carbonyl (C=O) groups excluding carboxylic acids is 1. The van der Waals surface area contributed by atoms with Crippen molar-refractivity contribution in [3.8, 4) is 0 Å². The van der Waals surface area contributed by atoms with Crippen molar-refractivity contribution in [3.63, 3.8) is 0 Å². The maximum absolute atomic E-state index is 14.6. The predicted molar refractivity (Wildman–Crippen MR) is 89.6 cm³/mol. The second-order valence-corrected chi connectivity index (χ2v) is 7.57. The number of halogens is 1. The van der Waals surface area contributed by atoms with Crippen molar-refractivity contribution in [2.45, 2.75) is 58.2 Å². The lowest BCUT2D eigenvalue weighted by Gasteiger charge is -2.32.